The Bertz CT molecular complexity index is 1220. The molecule has 0 bridgehead atoms. The van der Waals surface area contributed by atoms with E-state index in [2.05, 4.69) is 32.5 Å². The third kappa shape index (κ3) is 3.10. The lowest BCUT2D eigenvalue weighted by molar-refractivity contribution is 0.397. The van der Waals surface area contributed by atoms with Crippen LogP contribution in [0.1, 0.15) is 30.1 Å². The Morgan fingerprint density at radius 1 is 1.07 bits per heavy atom. The van der Waals surface area contributed by atoms with Gasteiger partial charge < -0.3 is 14.4 Å². The average Bonchev–Trinajstić information content (AvgIpc) is 3.23. The van der Waals surface area contributed by atoms with Crippen molar-refractivity contribution >= 4 is 22.4 Å². The van der Waals surface area contributed by atoms with E-state index in [1.807, 2.05) is 36.5 Å². The number of fused-ring (bicyclic) bond motifs is 2. The Morgan fingerprint density at radius 2 is 1.97 bits per heavy atom. The zero-order chi connectivity index (χ0) is 20.7. The second-order valence-corrected chi connectivity index (χ2v) is 7.80. The van der Waals surface area contributed by atoms with Crippen molar-refractivity contribution in [3.05, 3.63) is 54.0 Å². The summed E-state index contributed by atoms with van der Waals surface area (Å²) in [5, 5.41) is 9.88. The molecule has 0 saturated carbocycles. The van der Waals surface area contributed by atoms with E-state index in [4.69, 9.17) is 14.5 Å². The van der Waals surface area contributed by atoms with E-state index in [1.165, 1.54) is 0 Å². The molecule has 30 heavy (non-hydrogen) atoms. The van der Waals surface area contributed by atoms with Crippen LogP contribution in [0.4, 0.5) is 5.82 Å². The van der Waals surface area contributed by atoms with E-state index in [9.17, 15) is 0 Å². The number of rotatable bonds is 4. The van der Waals surface area contributed by atoms with Crippen LogP contribution in [0.15, 0.2) is 42.6 Å². The molecule has 0 spiro atoms. The molecule has 1 fully saturated rings. The van der Waals surface area contributed by atoms with Gasteiger partial charge in [0.05, 0.1) is 14.2 Å². The molecule has 4 aromatic rings. The third-order valence-corrected chi connectivity index (χ3v) is 5.95. The van der Waals surface area contributed by atoms with Crippen LogP contribution in [0.25, 0.3) is 16.6 Å². The summed E-state index contributed by atoms with van der Waals surface area (Å²) < 4.78 is 13.1. The number of aromatic nitrogens is 4. The molecule has 0 aliphatic carbocycles. The predicted octanol–water partition coefficient (Wildman–Crippen LogP) is 3.99. The summed E-state index contributed by atoms with van der Waals surface area (Å²) in [6.45, 7) is 3.95. The monoisotopic (exact) mass is 403 g/mol. The Hall–Kier alpha value is -3.35. The van der Waals surface area contributed by atoms with Crippen LogP contribution in [0.5, 0.6) is 11.5 Å². The zero-order valence-corrected chi connectivity index (χ0v) is 17.5. The van der Waals surface area contributed by atoms with Gasteiger partial charge >= 0.3 is 0 Å². The average molecular weight is 403 g/mol. The van der Waals surface area contributed by atoms with Gasteiger partial charge in [-0.15, -0.1) is 10.2 Å². The fourth-order valence-electron chi connectivity index (χ4n) is 4.39. The van der Waals surface area contributed by atoms with Crippen molar-refractivity contribution in [1.29, 1.82) is 0 Å². The summed E-state index contributed by atoms with van der Waals surface area (Å²) in [6, 6.07) is 12.1. The van der Waals surface area contributed by atoms with Crippen molar-refractivity contribution in [3.8, 4) is 11.5 Å². The second kappa shape index (κ2) is 7.48. The van der Waals surface area contributed by atoms with Crippen LogP contribution < -0.4 is 14.4 Å². The van der Waals surface area contributed by atoms with Gasteiger partial charge in [0, 0.05) is 36.7 Å². The normalized spacial score (nSPS) is 16.9. The molecule has 7 nitrogen and oxygen atoms in total. The van der Waals surface area contributed by atoms with Crippen molar-refractivity contribution < 1.29 is 9.47 Å². The van der Waals surface area contributed by atoms with Crippen LogP contribution >= 0.6 is 0 Å². The molecule has 1 unspecified atom stereocenters. The van der Waals surface area contributed by atoms with E-state index in [1.54, 1.807) is 14.2 Å². The largest absolute Gasteiger partial charge is 0.497 e. The number of aryl methyl sites for hydroxylation is 1. The molecule has 7 heteroatoms. The van der Waals surface area contributed by atoms with Crippen molar-refractivity contribution in [1.82, 2.24) is 19.6 Å². The third-order valence-electron chi connectivity index (χ3n) is 5.95. The summed E-state index contributed by atoms with van der Waals surface area (Å²) >= 11 is 0. The highest BCUT2D eigenvalue weighted by atomic mass is 16.5. The van der Waals surface area contributed by atoms with Crippen molar-refractivity contribution in [2.24, 2.45) is 0 Å². The predicted molar refractivity (Wildman–Crippen MR) is 117 cm³/mol. The molecule has 1 saturated heterocycles. The van der Waals surface area contributed by atoms with Gasteiger partial charge in [-0.2, -0.15) is 0 Å². The minimum Gasteiger partial charge on any atom is -0.497 e. The summed E-state index contributed by atoms with van der Waals surface area (Å²) in [4.78, 5) is 7.34. The first kappa shape index (κ1) is 18.7. The number of anilines is 1. The van der Waals surface area contributed by atoms with Crippen molar-refractivity contribution in [2.75, 3.05) is 32.2 Å². The van der Waals surface area contributed by atoms with E-state index >= 15 is 0 Å². The number of piperidine rings is 1. The molecule has 5 rings (SSSR count). The number of pyridine rings is 2. The highest BCUT2D eigenvalue weighted by Crippen LogP contribution is 2.35. The van der Waals surface area contributed by atoms with E-state index in [0.717, 1.165) is 71.2 Å². The lowest BCUT2D eigenvalue weighted by atomic mass is 9.97. The van der Waals surface area contributed by atoms with Crippen LogP contribution in [-0.2, 0) is 0 Å². The highest BCUT2D eigenvalue weighted by molar-refractivity contribution is 5.90. The molecule has 0 amide bonds. The lowest BCUT2D eigenvalue weighted by Gasteiger charge is -2.33. The van der Waals surface area contributed by atoms with Crippen LogP contribution in [0.2, 0.25) is 0 Å². The minimum atomic E-state index is 0.312. The molecule has 154 valence electrons. The Morgan fingerprint density at radius 3 is 2.80 bits per heavy atom. The maximum absolute atomic E-state index is 5.61. The van der Waals surface area contributed by atoms with E-state index in [0.29, 0.717) is 5.92 Å². The molecule has 0 radical (unpaired) electrons. The first-order chi connectivity index (χ1) is 14.7. The molecule has 1 aromatic carbocycles. The first-order valence-corrected chi connectivity index (χ1v) is 10.3. The maximum Gasteiger partial charge on any atom is 0.160 e. The van der Waals surface area contributed by atoms with Gasteiger partial charge in [0.2, 0.25) is 0 Å². The Kier molecular flexibility index (Phi) is 4.65. The van der Waals surface area contributed by atoms with Gasteiger partial charge in [0.1, 0.15) is 28.7 Å². The van der Waals surface area contributed by atoms with Gasteiger partial charge in [0.25, 0.3) is 0 Å². The number of nitrogens with zero attached hydrogens (tertiary/aromatic N) is 5. The molecule has 1 aliphatic rings. The molecule has 1 atom stereocenters. The SMILES string of the molecule is COc1cc(OC)c2nc(N3CCCC(c4nnc5ccccn45)C3)cc(C)c2c1. The quantitative estimate of drug-likeness (QED) is 0.513. The zero-order valence-electron chi connectivity index (χ0n) is 17.5. The standard InChI is InChI=1S/C23H25N5O2/c1-15-11-21(24-22-18(15)12-17(29-2)13-19(22)30-3)27-9-6-7-16(14-27)23-26-25-20-8-4-5-10-28(20)23/h4-5,8,10-13,16H,6-7,9,14H2,1-3H3. The lowest BCUT2D eigenvalue weighted by Crippen LogP contribution is -2.35. The molecule has 1 aliphatic heterocycles. The summed E-state index contributed by atoms with van der Waals surface area (Å²) in [5.74, 6) is 3.81. The number of ether oxygens (including phenoxy) is 2. The van der Waals surface area contributed by atoms with Gasteiger partial charge in [0.15, 0.2) is 5.65 Å². The fraction of sp³-hybridized carbons (Fsp3) is 0.348. The maximum atomic E-state index is 5.61. The van der Waals surface area contributed by atoms with Gasteiger partial charge in [-0.25, -0.2) is 4.98 Å². The fourth-order valence-corrected chi connectivity index (χ4v) is 4.39. The highest BCUT2D eigenvalue weighted by Gasteiger charge is 2.26. The van der Waals surface area contributed by atoms with Crippen molar-refractivity contribution in [2.45, 2.75) is 25.7 Å². The number of hydrogen-bond acceptors (Lipinski definition) is 6. The number of benzene rings is 1. The van der Waals surface area contributed by atoms with Crippen LogP contribution in [0, 0.1) is 6.92 Å². The summed E-state index contributed by atoms with van der Waals surface area (Å²) in [5.41, 5.74) is 2.91. The van der Waals surface area contributed by atoms with Gasteiger partial charge in [-0.3, -0.25) is 4.40 Å². The molecular formula is C23H25N5O2. The molecular weight excluding hydrogens is 378 g/mol. The summed E-state index contributed by atoms with van der Waals surface area (Å²) in [7, 11) is 3.34. The smallest absolute Gasteiger partial charge is 0.160 e. The topological polar surface area (TPSA) is 64.8 Å². The first-order valence-electron chi connectivity index (χ1n) is 10.3. The number of hydrogen-bond donors (Lipinski definition) is 0. The Balaban J connectivity index is 1.52. The van der Waals surface area contributed by atoms with Crippen LogP contribution in [0.3, 0.4) is 0 Å². The van der Waals surface area contributed by atoms with Gasteiger partial charge in [-0.05, 0) is 49.6 Å². The molecule has 4 heterocycles. The number of methoxy groups -OCH3 is 2. The van der Waals surface area contributed by atoms with Crippen molar-refractivity contribution in [3.63, 3.8) is 0 Å². The Labute approximate surface area is 175 Å². The minimum absolute atomic E-state index is 0.312. The molecule has 3 aromatic heterocycles. The van der Waals surface area contributed by atoms with E-state index < -0.39 is 0 Å². The molecule has 0 N–H and O–H groups in total. The second-order valence-electron chi connectivity index (χ2n) is 7.80. The van der Waals surface area contributed by atoms with Crippen LogP contribution in [-0.4, -0.2) is 46.9 Å². The van der Waals surface area contributed by atoms with Gasteiger partial charge in [-0.1, -0.05) is 6.07 Å². The van der Waals surface area contributed by atoms with E-state index in [-0.39, 0.29) is 0 Å². The summed E-state index contributed by atoms with van der Waals surface area (Å²) in [6.07, 6.45) is 4.23.